The van der Waals surface area contributed by atoms with Gasteiger partial charge in [0, 0.05) is 12.2 Å². The van der Waals surface area contributed by atoms with Gasteiger partial charge in [0.2, 0.25) is 17.7 Å². The highest BCUT2D eigenvalue weighted by Gasteiger charge is 2.23. The number of nitrogen functional groups attached to an aromatic ring is 1. The average molecular weight is 443 g/mol. The second-order valence-corrected chi connectivity index (χ2v) is 6.66. The van der Waals surface area contributed by atoms with Crippen molar-refractivity contribution in [3.05, 3.63) is 35.4 Å². The molecule has 1 heterocycles. The van der Waals surface area contributed by atoms with Crippen molar-refractivity contribution >= 4 is 29.3 Å². The minimum Gasteiger partial charge on any atom is -0.477 e. The van der Waals surface area contributed by atoms with E-state index in [1.807, 2.05) is 6.07 Å². The number of guanidine groups is 1. The molecule has 0 aliphatic carbocycles. The summed E-state index contributed by atoms with van der Waals surface area (Å²) in [4.78, 5) is 21.0. The van der Waals surface area contributed by atoms with E-state index in [1.165, 1.54) is 6.07 Å². The third-order valence-corrected chi connectivity index (χ3v) is 4.25. The highest BCUT2D eigenvalue weighted by atomic mass is 19.1. The number of ether oxygens (including phenoxy) is 1. The summed E-state index contributed by atoms with van der Waals surface area (Å²) in [6.07, 6.45) is 0.767. The molecule has 0 fully saturated rings. The van der Waals surface area contributed by atoms with E-state index in [0.29, 0.717) is 30.6 Å². The van der Waals surface area contributed by atoms with Gasteiger partial charge in [-0.05, 0) is 37.5 Å². The molecule has 0 spiro atoms. The summed E-state index contributed by atoms with van der Waals surface area (Å²) in [5.74, 6) is -0.664. The molecular weight excluding hydrogens is 417 g/mol. The van der Waals surface area contributed by atoms with E-state index in [9.17, 15) is 14.4 Å². The molecule has 1 aromatic heterocycles. The monoisotopic (exact) mass is 443 g/mol. The number of amides is 1. The number of aromatic nitrogens is 2. The van der Waals surface area contributed by atoms with E-state index in [0.717, 1.165) is 0 Å². The van der Waals surface area contributed by atoms with Gasteiger partial charge >= 0.3 is 0 Å². The Hall–Kier alpha value is -4.14. The number of nitrogens with two attached hydrogens (primary N) is 2. The van der Waals surface area contributed by atoms with Crippen LogP contribution in [0.1, 0.15) is 30.9 Å². The van der Waals surface area contributed by atoms with Gasteiger partial charge in [0.05, 0.1) is 6.61 Å². The van der Waals surface area contributed by atoms with Gasteiger partial charge in [0.1, 0.15) is 18.8 Å². The fraction of sp³-hybridized carbons (Fsp3) is 0.350. The lowest BCUT2D eigenvalue weighted by Crippen LogP contribution is -2.37. The van der Waals surface area contributed by atoms with Crippen molar-refractivity contribution in [2.24, 2.45) is 5.73 Å². The Morgan fingerprint density at radius 1 is 1.41 bits per heavy atom. The standard InChI is InChI=1S/C20H26FN9O2/c1-2-32-18-14(11-22)16(29-20(25)30-18)28-15(7-4-8-26-19(23)24)17(31)27-13-6-3-5-12(9-13)10-21/h3,5-6,9,15H,2,4,7-8,10H2,1H3,(H,27,31)(H4,23,24,26)(H3,25,28,29,30)/t15-/m0/s1. The van der Waals surface area contributed by atoms with Crippen molar-refractivity contribution in [3.63, 3.8) is 0 Å². The number of nitrogens with one attached hydrogen (secondary N) is 4. The summed E-state index contributed by atoms with van der Waals surface area (Å²) in [6.45, 7) is 1.69. The molecule has 1 aromatic carbocycles. The zero-order valence-corrected chi connectivity index (χ0v) is 17.6. The number of nitrogens with zero attached hydrogens (tertiary/aromatic N) is 3. The average Bonchev–Trinajstić information content (AvgIpc) is 2.75. The van der Waals surface area contributed by atoms with Crippen LogP contribution in [0, 0.1) is 16.7 Å². The molecule has 0 saturated heterocycles. The molecule has 0 radical (unpaired) electrons. The summed E-state index contributed by atoms with van der Waals surface area (Å²) in [7, 11) is 0. The number of hydrogen-bond acceptors (Lipinski definition) is 8. The minimum absolute atomic E-state index is 0.0121. The van der Waals surface area contributed by atoms with Crippen LogP contribution in [0.25, 0.3) is 0 Å². The largest absolute Gasteiger partial charge is 0.477 e. The Morgan fingerprint density at radius 3 is 2.84 bits per heavy atom. The first-order valence-corrected chi connectivity index (χ1v) is 9.88. The molecule has 32 heavy (non-hydrogen) atoms. The Balaban J connectivity index is 2.27. The summed E-state index contributed by atoms with van der Waals surface area (Å²) < 4.78 is 18.3. The smallest absolute Gasteiger partial charge is 0.246 e. The van der Waals surface area contributed by atoms with Gasteiger partial charge in [-0.15, -0.1) is 0 Å². The Morgan fingerprint density at radius 2 is 2.19 bits per heavy atom. The molecule has 1 atom stereocenters. The number of alkyl halides is 1. The van der Waals surface area contributed by atoms with Crippen molar-refractivity contribution < 1.29 is 13.9 Å². The SMILES string of the molecule is CCOc1nc(N)nc(N[C@@H](CCCNC(=N)N)C(=O)Nc2cccc(CF)c2)c1C#N. The first-order chi connectivity index (χ1) is 15.4. The number of anilines is 3. The molecule has 170 valence electrons. The highest BCUT2D eigenvalue weighted by Crippen LogP contribution is 2.25. The molecule has 2 rings (SSSR count). The van der Waals surface area contributed by atoms with Crippen LogP contribution in [-0.2, 0) is 11.5 Å². The van der Waals surface area contributed by atoms with Crippen LogP contribution in [0.2, 0.25) is 0 Å². The van der Waals surface area contributed by atoms with E-state index in [1.54, 1.807) is 25.1 Å². The molecule has 11 nitrogen and oxygen atoms in total. The van der Waals surface area contributed by atoms with Crippen LogP contribution in [0.15, 0.2) is 24.3 Å². The van der Waals surface area contributed by atoms with Crippen LogP contribution < -0.4 is 32.2 Å². The van der Waals surface area contributed by atoms with E-state index >= 15 is 0 Å². The third kappa shape index (κ3) is 6.98. The lowest BCUT2D eigenvalue weighted by Gasteiger charge is -2.20. The molecule has 0 bridgehead atoms. The van der Waals surface area contributed by atoms with Gasteiger partial charge in [-0.25, -0.2) is 4.39 Å². The number of rotatable bonds is 11. The van der Waals surface area contributed by atoms with Crippen molar-refractivity contribution in [2.75, 3.05) is 29.5 Å². The molecule has 0 aliphatic rings. The fourth-order valence-electron chi connectivity index (χ4n) is 2.83. The van der Waals surface area contributed by atoms with E-state index < -0.39 is 18.6 Å². The normalized spacial score (nSPS) is 11.2. The quantitative estimate of drug-likeness (QED) is 0.170. The van der Waals surface area contributed by atoms with Crippen LogP contribution >= 0.6 is 0 Å². The number of carbonyl (C=O) groups excluding carboxylic acids is 1. The van der Waals surface area contributed by atoms with Crippen LogP contribution in [0.5, 0.6) is 5.88 Å². The van der Waals surface area contributed by atoms with E-state index in [-0.39, 0.29) is 35.8 Å². The molecule has 8 N–H and O–H groups in total. The fourth-order valence-corrected chi connectivity index (χ4v) is 2.83. The maximum atomic E-state index is 13.0. The van der Waals surface area contributed by atoms with Crippen LogP contribution in [0.3, 0.4) is 0 Å². The van der Waals surface area contributed by atoms with Gasteiger partial charge in [0.25, 0.3) is 0 Å². The second kappa shape index (κ2) is 11.9. The lowest BCUT2D eigenvalue weighted by atomic mass is 10.1. The Kier molecular flexibility index (Phi) is 8.97. The molecule has 0 aliphatic heterocycles. The number of halogens is 1. The van der Waals surface area contributed by atoms with Gasteiger partial charge in [0.15, 0.2) is 17.3 Å². The summed E-state index contributed by atoms with van der Waals surface area (Å²) >= 11 is 0. The van der Waals surface area contributed by atoms with Gasteiger partial charge < -0.3 is 32.2 Å². The van der Waals surface area contributed by atoms with Crippen LogP contribution in [-0.4, -0.2) is 41.0 Å². The summed E-state index contributed by atoms with van der Waals surface area (Å²) in [6, 6.07) is 7.55. The van der Waals surface area contributed by atoms with Crippen molar-refractivity contribution in [1.82, 2.24) is 15.3 Å². The predicted octanol–water partition coefficient (Wildman–Crippen LogP) is 1.48. The number of carbonyl (C=O) groups is 1. The van der Waals surface area contributed by atoms with Crippen molar-refractivity contribution in [2.45, 2.75) is 32.5 Å². The Bertz CT molecular complexity index is 994. The lowest BCUT2D eigenvalue weighted by molar-refractivity contribution is -0.117. The number of nitriles is 1. The first-order valence-electron chi connectivity index (χ1n) is 9.88. The molecule has 1 amide bonds. The van der Waals surface area contributed by atoms with Gasteiger partial charge in [-0.1, -0.05) is 12.1 Å². The third-order valence-electron chi connectivity index (χ3n) is 4.25. The van der Waals surface area contributed by atoms with Crippen molar-refractivity contribution in [3.8, 4) is 11.9 Å². The maximum Gasteiger partial charge on any atom is 0.246 e. The minimum atomic E-state index is -0.839. The molecular formula is C20H26FN9O2. The van der Waals surface area contributed by atoms with Crippen molar-refractivity contribution in [1.29, 1.82) is 10.7 Å². The predicted molar refractivity (Wildman–Crippen MR) is 119 cm³/mol. The molecule has 2 aromatic rings. The Labute approximate surface area is 184 Å². The topological polar surface area (TPSA) is 188 Å². The highest BCUT2D eigenvalue weighted by molar-refractivity contribution is 5.96. The first kappa shape index (κ1) is 24.1. The van der Waals surface area contributed by atoms with E-state index in [2.05, 4.69) is 25.9 Å². The second-order valence-electron chi connectivity index (χ2n) is 6.66. The zero-order valence-electron chi connectivity index (χ0n) is 17.6. The van der Waals surface area contributed by atoms with Gasteiger partial charge in [-0.3, -0.25) is 10.2 Å². The number of hydrogen-bond donors (Lipinski definition) is 6. The molecule has 12 heteroatoms. The van der Waals surface area contributed by atoms with Crippen LogP contribution in [0.4, 0.5) is 21.8 Å². The summed E-state index contributed by atoms with van der Waals surface area (Å²) in [5.41, 5.74) is 11.9. The molecule has 0 saturated carbocycles. The van der Waals surface area contributed by atoms with E-state index in [4.69, 9.17) is 21.6 Å². The van der Waals surface area contributed by atoms with Gasteiger partial charge in [-0.2, -0.15) is 15.2 Å². The zero-order chi connectivity index (χ0) is 23.5. The maximum absolute atomic E-state index is 13.0. The molecule has 0 unspecified atom stereocenters. The summed E-state index contributed by atoms with van der Waals surface area (Å²) in [5, 5.41) is 25.1. The number of benzene rings is 1.